The van der Waals surface area contributed by atoms with E-state index in [0.717, 1.165) is 4.47 Å². The van der Waals surface area contributed by atoms with E-state index in [1.54, 1.807) is 25.1 Å². The first-order valence-corrected chi connectivity index (χ1v) is 6.49. The Hall–Kier alpha value is -1.07. The van der Waals surface area contributed by atoms with Crippen LogP contribution in [-0.2, 0) is 15.0 Å². The highest BCUT2D eigenvalue weighted by atomic mass is 79.9. The Balaban J connectivity index is 2.52. The van der Waals surface area contributed by atoms with E-state index in [1.807, 2.05) is 0 Å². The zero-order valence-corrected chi connectivity index (χ0v) is 11.9. The van der Waals surface area contributed by atoms with Crippen molar-refractivity contribution in [3.63, 3.8) is 0 Å². The SMILES string of the molecule is CC1(c2ccc(Br)cc2Cl)CC(=O)NC1C(=O)O. The third-order valence-corrected chi connectivity index (χ3v) is 4.07. The highest BCUT2D eigenvalue weighted by Gasteiger charge is 2.49. The topological polar surface area (TPSA) is 66.4 Å². The van der Waals surface area contributed by atoms with Gasteiger partial charge in [-0.15, -0.1) is 0 Å². The van der Waals surface area contributed by atoms with Crippen LogP contribution in [0.1, 0.15) is 18.9 Å². The van der Waals surface area contributed by atoms with Crippen LogP contribution in [-0.4, -0.2) is 23.0 Å². The molecule has 1 aliphatic rings. The van der Waals surface area contributed by atoms with Crippen LogP contribution in [0.5, 0.6) is 0 Å². The van der Waals surface area contributed by atoms with Gasteiger partial charge in [-0.3, -0.25) is 4.79 Å². The predicted molar refractivity (Wildman–Crippen MR) is 70.7 cm³/mol. The van der Waals surface area contributed by atoms with Gasteiger partial charge in [-0.25, -0.2) is 4.79 Å². The summed E-state index contributed by atoms with van der Waals surface area (Å²) in [7, 11) is 0. The number of amides is 1. The number of carboxylic acid groups (broad SMARTS) is 1. The molecule has 6 heteroatoms. The Morgan fingerprint density at radius 3 is 2.83 bits per heavy atom. The number of hydrogen-bond acceptors (Lipinski definition) is 2. The molecule has 0 spiro atoms. The lowest BCUT2D eigenvalue weighted by molar-refractivity contribution is -0.141. The largest absolute Gasteiger partial charge is 0.480 e. The van der Waals surface area contributed by atoms with Crippen molar-refractivity contribution >= 4 is 39.4 Å². The molecule has 2 atom stereocenters. The molecule has 2 unspecified atom stereocenters. The Morgan fingerprint density at radius 2 is 2.28 bits per heavy atom. The molecular formula is C12H11BrClNO3. The number of aliphatic carboxylic acids is 1. The van der Waals surface area contributed by atoms with Crippen molar-refractivity contribution in [3.8, 4) is 0 Å². The van der Waals surface area contributed by atoms with Crippen LogP contribution in [0, 0.1) is 0 Å². The molecule has 96 valence electrons. The second-order valence-electron chi connectivity index (χ2n) is 4.56. The number of rotatable bonds is 2. The summed E-state index contributed by atoms with van der Waals surface area (Å²) in [5.41, 5.74) is -0.168. The number of carbonyl (C=O) groups is 2. The summed E-state index contributed by atoms with van der Waals surface area (Å²) in [6.45, 7) is 1.73. The van der Waals surface area contributed by atoms with E-state index in [1.165, 1.54) is 0 Å². The van der Waals surface area contributed by atoms with Crippen LogP contribution in [0.3, 0.4) is 0 Å². The Bertz CT molecular complexity index is 534. The molecule has 0 radical (unpaired) electrons. The van der Waals surface area contributed by atoms with Gasteiger partial charge in [0.1, 0.15) is 6.04 Å². The van der Waals surface area contributed by atoms with Crippen molar-refractivity contribution in [1.82, 2.24) is 5.32 Å². The maximum Gasteiger partial charge on any atom is 0.327 e. The molecule has 0 saturated carbocycles. The van der Waals surface area contributed by atoms with Crippen molar-refractivity contribution in [2.45, 2.75) is 24.8 Å². The van der Waals surface area contributed by atoms with Gasteiger partial charge in [0.15, 0.2) is 0 Å². The molecule has 1 amide bonds. The number of nitrogens with one attached hydrogen (secondary N) is 1. The van der Waals surface area contributed by atoms with Gasteiger partial charge in [-0.2, -0.15) is 0 Å². The Morgan fingerprint density at radius 1 is 1.61 bits per heavy atom. The molecular weight excluding hydrogens is 321 g/mol. The minimum atomic E-state index is -1.05. The summed E-state index contributed by atoms with van der Waals surface area (Å²) in [5, 5.41) is 12.1. The van der Waals surface area contributed by atoms with Gasteiger partial charge in [0.05, 0.1) is 0 Å². The molecule has 0 bridgehead atoms. The Kier molecular flexibility index (Phi) is 3.38. The van der Waals surface area contributed by atoms with Gasteiger partial charge in [0.2, 0.25) is 5.91 Å². The fourth-order valence-corrected chi connectivity index (χ4v) is 3.23. The molecule has 2 N–H and O–H groups in total. The number of hydrogen-bond donors (Lipinski definition) is 2. The highest BCUT2D eigenvalue weighted by Crippen LogP contribution is 2.40. The maximum absolute atomic E-state index is 11.5. The summed E-state index contributed by atoms with van der Waals surface area (Å²) in [5.74, 6) is -1.33. The van der Waals surface area contributed by atoms with E-state index < -0.39 is 17.4 Å². The number of carbonyl (C=O) groups excluding carboxylic acids is 1. The van der Waals surface area contributed by atoms with E-state index in [-0.39, 0.29) is 12.3 Å². The zero-order chi connectivity index (χ0) is 13.5. The maximum atomic E-state index is 11.5. The summed E-state index contributed by atoms with van der Waals surface area (Å²) < 4.78 is 0.809. The van der Waals surface area contributed by atoms with E-state index in [4.69, 9.17) is 11.6 Å². The van der Waals surface area contributed by atoms with Gasteiger partial charge >= 0.3 is 5.97 Å². The fraction of sp³-hybridized carbons (Fsp3) is 0.333. The second kappa shape index (κ2) is 4.55. The van der Waals surface area contributed by atoms with E-state index in [9.17, 15) is 14.7 Å². The van der Waals surface area contributed by atoms with Gasteiger partial charge < -0.3 is 10.4 Å². The minimum Gasteiger partial charge on any atom is -0.480 e. The van der Waals surface area contributed by atoms with Crippen LogP contribution in [0.4, 0.5) is 0 Å². The number of benzene rings is 1. The average Bonchev–Trinajstić information content (AvgIpc) is 2.54. The van der Waals surface area contributed by atoms with Crippen molar-refractivity contribution in [1.29, 1.82) is 0 Å². The molecule has 1 saturated heterocycles. The fourth-order valence-electron chi connectivity index (χ4n) is 2.34. The first kappa shape index (κ1) is 13.4. The number of carboxylic acids is 1. The smallest absolute Gasteiger partial charge is 0.327 e. The first-order valence-electron chi connectivity index (χ1n) is 5.32. The molecule has 1 heterocycles. The van der Waals surface area contributed by atoms with Crippen LogP contribution in [0.25, 0.3) is 0 Å². The monoisotopic (exact) mass is 331 g/mol. The van der Waals surface area contributed by atoms with Crippen LogP contribution < -0.4 is 5.32 Å². The van der Waals surface area contributed by atoms with Crippen LogP contribution >= 0.6 is 27.5 Å². The molecule has 0 aromatic heterocycles. The first-order chi connectivity index (χ1) is 8.34. The molecule has 4 nitrogen and oxygen atoms in total. The number of halogens is 2. The van der Waals surface area contributed by atoms with Gasteiger partial charge in [-0.1, -0.05) is 40.5 Å². The van der Waals surface area contributed by atoms with E-state index >= 15 is 0 Å². The highest BCUT2D eigenvalue weighted by molar-refractivity contribution is 9.10. The van der Waals surface area contributed by atoms with Crippen molar-refractivity contribution < 1.29 is 14.7 Å². The molecule has 1 fully saturated rings. The van der Waals surface area contributed by atoms with Gasteiger partial charge in [-0.05, 0) is 17.7 Å². The normalized spacial score (nSPS) is 27.1. The van der Waals surface area contributed by atoms with Gasteiger partial charge in [0, 0.05) is 21.3 Å². The van der Waals surface area contributed by atoms with E-state index in [2.05, 4.69) is 21.2 Å². The second-order valence-corrected chi connectivity index (χ2v) is 5.88. The zero-order valence-electron chi connectivity index (χ0n) is 9.54. The summed E-state index contributed by atoms with van der Waals surface area (Å²) in [6, 6.07) is 4.28. The van der Waals surface area contributed by atoms with Crippen LogP contribution in [0.2, 0.25) is 5.02 Å². The summed E-state index contributed by atoms with van der Waals surface area (Å²) in [4.78, 5) is 22.7. The van der Waals surface area contributed by atoms with Crippen molar-refractivity contribution in [3.05, 3.63) is 33.3 Å². The molecule has 1 aromatic rings. The lowest BCUT2D eigenvalue weighted by Crippen LogP contribution is -2.44. The predicted octanol–water partition coefficient (Wildman–Crippen LogP) is 2.33. The minimum absolute atomic E-state index is 0.116. The molecule has 1 aliphatic heterocycles. The third kappa shape index (κ3) is 2.12. The lowest BCUT2D eigenvalue weighted by atomic mass is 9.76. The Labute approximate surface area is 117 Å². The standard InChI is InChI=1S/C12H11BrClNO3/c1-12(5-9(16)15-10(12)11(17)18)7-3-2-6(13)4-8(7)14/h2-4,10H,5H2,1H3,(H,15,16)(H,17,18). The summed E-state index contributed by atoms with van der Waals surface area (Å²) in [6.07, 6.45) is 0.116. The molecule has 18 heavy (non-hydrogen) atoms. The van der Waals surface area contributed by atoms with Crippen molar-refractivity contribution in [2.75, 3.05) is 0 Å². The molecule has 0 aliphatic carbocycles. The quantitative estimate of drug-likeness (QED) is 0.873. The average molecular weight is 333 g/mol. The molecule has 1 aromatic carbocycles. The van der Waals surface area contributed by atoms with Gasteiger partial charge in [0.25, 0.3) is 0 Å². The third-order valence-electron chi connectivity index (χ3n) is 3.26. The summed E-state index contributed by atoms with van der Waals surface area (Å²) >= 11 is 9.45. The van der Waals surface area contributed by atoms with E-state index in [0.29, 0.717) is 10.6 Å². The lowest BCUT2D eigenvalue weighted by Gasteiger charge is -2.28. The molecule has 2 rings (SSSR count). The van der Waals surface area contributed by atoms with Crippen LogP contribution in [0.15, 0.2) is 22.7 Å². The van der Waals surface area contributed by atoms with Crippen molar-refractivity contribution in [2.24, 2.45) is 0 Å².